The van der Waals surface area contributed by atoms with Gasteiger partial charge in [-0.25, -0.2) is 12.7 Å². The van der Waals surface area contributed by atoms with Gasteiger partial charge in [0, 0.05) is 23.8 Å². The van der Waals surface area contributed by atoms with Crippen LogP contribution in [0.25, 0.3) is 0 Å². The number of anilines is 1. The lowest BCUT2D eigenvalue weighted by Crippen LogP contribution is -2.44. The summed E-state index contributed by atoms with van der Waals surface area (Å²) < 4.78 is 32.1. The number of sulfonamides is 1. The highest BCUT2D eigenvalue weighted by Gasteiger charge is 2.32. The SMILES string of the molecule is COc1ccc(NC(=O)[C@@H]2CCCN(S(=O)(=O)Cc3ccc(Cl)cc3)C2)cc1. The predicted molar refractivity (Wildman–Crippen MR) is 110 cm³/mol. The number of benzene rings is 2. The van der Waals surface area contributed by atoms with E-state index in [2.05, 4.69) is 5.32 Å². The van der Waals surface area contributed by atoms with Gasteiger partial charge in [0.05, 0.1) is 18.8 Å². The number of ether oxygens (including phenoxy) is 1. The molecule has 1 aliphatic rings. The molecule has 2 aromatic rings. The topological polar surface area (TPSA) is 75.7 Å². The van der Waals surface area contributed by atoms with E-state index in [1.165, 1.54) is 4.31 Å². The largest absolute Gasteiger partial charge is 0.497 e. The average molecular weight is 423 g/mol. The molecular formula is C20H23ClN2O4S. The van der Waals surface area contributed by atoms with Crippen LogP contribution in [0.2, 0.25) is 5.02 Å². The summed E-state index contributed by atoms with van der Waals surface area (Å²) >= 11 is 5.86. The summed E-state index contributed by atoms with van der Waals surface area (Å²) in [5.41, 5.74) is 1.33. The van der Waals surface area contributed by atoms with Crippen molar-refractivity contribution < 1.29 is 17.9 Å². The molecule has 3 rings (SSSR count). The van der Waals surface area contributed by atoms with Crippen LogP contribution >= 0.6 is 11.6 Å². The van der Waals surface area contributed by atoms with E-state index >= 15 is 0 Å². The minimum absolute atomic E-state index is 0.100. The summed E-state index contributed by atoms with van der Waals surface area (Å²) in [7, 11) is -1.93. The molecule has 1 saturated heterocycles. The molecule has 0 aromatic heterocycles. The molecule has 0 radical (unpaired) electrons. The van der Waals surface area contributed by atoms with E-state index in [1.54, 1.807) is 55.6 Å². The van der Waals surface area contributed by atoms with Crippen molar-refractivity contribution in [1.82, 2.24) is 4.31 Å². The Morgan fingerprint density at radius 2 is 1.86 bits per heavy atom. The van der Waals surface area contributed by atoms with Gasteiger partial charge >= 0.3 is 0 Å². The molecule has 6 nitrogen and oxygen atoms in total. The molecule has 1 atom stereocenters. The van der Waals surface area contributed by atoms with Gasteiger partial charge in [-0.05, 0) is 54.8 Å². The second-order valence-corrected chi connectivity index (χ2v) is 9.20. The van der Waals surface area contributed by atoms with Crippen LogP contribution < -0.4 is 10.1 Å². The third-order valence-corrected chi connectivity index (χ3v) is 6.84. The van der Waals surface area contributed by atoms with Crippen LogP contribution in [-0.2, 0) is 20.6 Å². The Labute approximate surface area is 170 Å². The number of carbonyl (C=O) groups excluding carboxylic acids is 1. The van der Waals surface area contributed by atoms with E-state index in [9.17, 15) is 13.2 Å². The zero-order chi connectivity index (χ0) is 20.1. The van der Waals surface area contributed by atoms with Crippen LogP contribution in [-0.4, -0.2) is 38.8 Å². The third-order valence-electron chi connectivity index (χ3n) is 4.77. The fourth-order valence-corrected chi connectivity index (χ4v) is 4.95. The molecule has 1 heterocycles. The van der Waals surface area contributed by atoms with Crippen molar-refractivity contribution in [3.63, 3.8) is 0 Å². The molecule has 1 amide bonds. The van der Waals surface area contributed by atoms with Crippen molar-refractivity contribution in [2.24, 2.45) is 5.92 Å². The number of nitrogens with one attached hydrogen (secondary N) is 1. The number of halogens is 1. The summed E-state index contributed by atoms with van der Waals surface area (Å²) in [6, 6.07) is 13.8. The van der Waals surface area contributed by atoms with E-state index in [-0.39, 0.29) is 24.1 Å². The zero-order valence-corrected chi connectivity index (χ0v) is 17.2. The number of hydrogen-bond donors (Lipinski definition) is 1. The van der Waals surface area contributed by atoms with Gasteiger partial charge in [-0.2, -0.15) is 0 Å². The van der Waals surface area contributed by atoms with Gasteiger partial charge in [-0.3, -0.25) is 4.79 Å². The highest BCUT2D eigenvalue weighted by molar-refractivity contribution is 7.88. The first-order chi connectivity index (χ1) is 13.4. The van der Waals surface area contributed by atoms with Crippen LogP contribution in [0.3, 0.4) is 0 Å². The molecule has 0 aliphatic carbocycles. The van der Waals surface area contributed by atoms with Gasteiger partial charge in [-0.15, -0.1) is 0 Å². The van der Waals surface area contributed by atoms with Crippen LogP contribution in [0.5, 0.6) is 5.75 Å². The Morgan fingerprint density at radius 1 is 1.18 bits per heavy atom. The first-order valence-electron chi connectivity index (χ1n) is 9.04. The lowest BCUT2D eigenvalue weighted by Gasteiger charge is -2.31. The number of nitrogens with zero attached hydrogens (tertiary/aromatic N) is 1. The number of rotatable bonds is 6. The Balaban J connectivity index is 1.63. The van der Waals surface area contributed by atoms with Crippen molar-refractivity contribution in [3.05, 3.63) is 59.1 Å². The minimum Gasteiger partial charge on any atom is -0.497 e. The van der Waals surface area contributed by atoms with Crippen molar-refractivity contribution in [2.75, 3.05) is 25.5 Å². The molecule has 8 heteroatoms. The Hall–Kier alpha value is -2.09. The molecule has 0 unspecified atom stereocenters. The molecule has 1 N–H and O–H groups in total. The average Bonchev–Trinajstić information content (AvgIpc) is 2.70. The summed E-state index contributed by atoms with van der Waals surface area (Å²) in [6.45, 7) is 0.625. The van der Waals surface area contributed by atoms with Gasteiger partial charge in [0.25, 0.3) is 0 Å². The number of piperidine rings is 1. The molecule has 1 aliphatic heterocycles. The maximum Gasteiger partial charge on any atom is 0.228 e. The second-order valence-electron chi connectivity index (χ2n) is 6.80. The van der Waals surface area contributed by atoms with E-state index in [0.717, 1.165) is 0 Å². The number of hydrogen-bond acceptors (Lipinski definition) is 4. The zero-order valence-electron chi connectivity index (χ0n) is 15.6. The molecule has 0 saturated carbocycles. The molecular weight excluding hydrogens is 400 g/mol. The lowest BCUT2D eigenvalue weighted by molar-refractivity contribution is -0.120. The number of methoxy groups -OCH3 is 1. The van der Waals surface area contributed by atoms with Crippen molar-refractivity contribution in [2.45, 2.75) is 18.6 Å². The van der Waals surface area contributed by atoms with Gasteiger partial charge in [-0.1, -0.05) is 23.7 Å². The third kappa shape index (κ3) is 5.25. The Morgan fingerprint density at radius 3 is 2.50 bits per heavy atom. The summed E-state index contributed by atoms with van der Waals surface area (Å²) in [5.74, 6) is 0.0549. The van der Waals surface area contributed by atoms with Gasteiger partial charge in [0.15, 0.2) is 0 Å². The van der Waals surface area contributed by atoms with Crippen LogP contribution in [0.1, 0.15) is 18.4 Å². The number of carbonyl (C=O) groups is 1. The minimum atomic E-state index is -3.50. The van der Waals surface area contributed by atoms with E-state index in [1.807, 2.05) is 0 Å². The van der Waals surface area contributed by atoms with Crippen molar-refractivity contribution in [1.29, 1.82) is 0 Å². The fraction of sp³-hybridized carbons (Fsp3) is 0.350. The molecule has 150 valence electrons. The molecule has 28 heavy (non-hydrogen) atoms. The highest BCUT2D eigenvalue weighted by Crippen LogP contribution is 2.24. The second kappa shape index (κ2) is 8.94. The molecule has 0 bridgehead atoms. The first kappa shape index (κ1) is 20.6. The van der Waals surface area contributed by atoms with Crippen LogP contribution in [0.15, 0.2) is 48.5 Å². The normalized spacial score (nSPS) is 17.9. The first-order valence-corrected chi connectivity index (χ1v) is 11.0. The van der Waals surface area contributed by atoms with E-state index < -0.39 is 10.0 Å². The predicted octanol–water partition coefficient (Wildman–Crippen LogP) is 3.53. The maximum atomic E-state index is 12.8. The monoisotopic (exact) mass is 422 g/mol. The van der Waals surface area contributed by atoms with Gasteiger partial charge < -0.3 is 10.1 Å². The summed E-state index contributed by atoms with van der Waals surface area (Å²) in [5, 5.41) is 3.42. The Bertz CT molecular complexity index is 914. The van der Waals surface area contributed by atoms with Crippen LogP contribution in [0, 0.1) is 5.92 Å². The molecule has 2 aromatic carbocycles. The van der Waals surface area contributed by atoms with Crippen molar-refractivity contribution >= 4 is 33.2 Å². The molecule has 0 spiro atoms. The van der Waals surface area contributed by atoms with Crippen molar-refractivity contribution in [3.8, 4) is 5.75 Å². The quantitative estimate of drug-likeness (QED) is 0.772. The van der Waals surface area contributed by atoms with Gasteiger partial charge in [0.1, 0.15) is 5.75 Å². The van der Waals surface area contributed by atoms with Gasteiger partial charge in [0.2, 0.25) is 15.9 Å². The standard InChI is InChI=1S/C20H23ClN2O4S/c1-27-19-10-8-18(9-11-19)22-20(24)16-3-2-12-23(13-16)28(25,26)14-15-4-6-17(21)7-5-15/h4-11,16H,2-3,12-14H2,1H3,(H,22,24)/t16-/m1/s1. The maximum absolute atomic E-state index is 12.8. The van der Waals surface area contributed by atoms with E-state index in [4.69, 9.17) is 16.3 Å². The van der Waals surface area contributed by atoms with E-state index in [0.29, 0.717) is 41.4 Å². The van der Waals surface area contributed by atoms with Crippen LogP contribution in [0.4, 0.5) is 5.69 Å². The number of amides is 1. The Kier molecular flexibility index (Phi) is 6.59. The molecule has 1 fully saturated rings. The summed E-state index contributed by atoms with van der Waals surface area (Å²) in [4.78, 5) is 12.6. The highest BCUT2D eigenvalue weighted by atomic mass is 35.5. The smallest absolute Gasteiger partial charge is 0.228 e. The summed E-state index contributed by atoms with van der Waals surface area (Å²) in [6.07, 6.45) is 1.31. The lowest BCUT2D eigenvalue weighted by atomic mass is 9.99. The fourth-order valence-electron chi connectivity index (χ4n) is 3.21.